The lowest BCUT2D eigenvalue weighted by molar-refractivity contribution is -0.141. The van der Waals surface area contributed by atoms with E-state index in [2.05, 4.69) is 25.9 Å². The van der Waals surface area contributed by atoms with Gasteiger partial charge in [0.05, 0.1) is 12.9 Å². The predicted molar refractivity (Wildman–Crippen MR) is 61.9 cm³/mol. The Balaban J connectivity index is 2.15. The van der Waals surface area contributed by atoms with Crippen LogP contribution in [0.15, 0.2) is 23.1 Å². The zero-order valence-electron chi connectivity index (χ0n) is 8.68. The lowest BCUT2D eigenvalue weighted by Gasteiger charge is -2.03. The molecule has 0 bridgehead atoms. The maximum Gasteiger partial charge on any atom is 0.302 e. The first kappa shape index (κ1) is 11.1. The molecule has 2 aromatic rings. The molecule has 0 aliphatic heterocycles. The van der Waals surface area contributed by atoms with Gasteiger partial charge in [0.15, 0.2) is 5.65 Å². The van der Waals surface area contributed by atoms with E-state index in [0.29, 0.717) is 13.2 Å². The van der Waals surface area contributed by atoms with E-state index in [1.54, 1.807) is 12.5 Å². The van der Waals surface area contributed by atoms with Crippen LogP contribution in [0.25, 0.3) is 11.2 Å². The Hall–Kier alpha value is -1.43. The minimum absolute atomic E-state index is 0.278. The van der Waals surface area contributed by atoms with Crippen molar-refractivity contribution in [3.05, 3.63) is 23.1 Å². The quantitative estimate of drug-likeness (QED) is 0.806. The molecule has 2 rings (SSSR count). The molecule has 0 spiro atoms. The first-order valence-corrected chi connectivity index (χ1v) is 5.56. The minimum atomic E-state index is -0.278. The van der Waals surface area contributed by atoms with Gasteiger partial charge < -0.3 is 9.30 Å². The van der Waals surface area contributed by atoms with Crippen molar-refractivity contribution in [3.8, 4) is 0 Å². The van der Waals surface area contributed by atoms with Crippen LogP contribution in [-0.2, 0) is 16.1 Å². The maximum atomic E-state index is 10.6. The van der Waals surface area contributed by atoms with E-state index in [4.69, 9.17) is 4.74 Å². The average molecular weight is 284 g/mol. The number of hydrogen-bond donors (Lipinski definition) is 0. The molecular formula is C10H10BrN3O2. The van der Waals surface area contributed by atoms with Crippen LogP contribution in [0.4, 0.5) is 0 Å². The molecule has 0 saturated carbocycles. The van der Waals surface area contributed by atoms with Gasteiger partial charge in [0.2, 0.25) is 0 Å². The van der Waals surface area contributed by atoms with E-state index in [1.165, 1.54) is 6.92 Å². The van der Waals surface area contributed by atoms with Gasteiger partial charge in [-0.2, -0.15) is 0 Å². The van der Waals surface area contributed by atoms with Gasteiger partial charge in [-0.05, 0) is 22.0 Å². The van der Waals surface area contributed by atoms with Crippen molar-refractivity contribution < 1.29 is 9.53 Å². The molecule has 0 unspecified atom stereocenters. The number of esters is 1. The molecule has 5 nitrogen and oxygen atoms in total. The number of pyridine rings is 1. The van der Waals surface area contributed by atoms with E-state index in [-0.39, 0.29) is 5.97 Å². The summed E-state index contributed by atoms with van der Waals surface area (Å²) in [6.45, 7) is 2.28. The molecule has 0 aliphatic rings. The fraction of sp³-hybridized carbons (Fsp3) is 0.300. The smallest absolute Gasteiger partial charge is 0.302 e. The summed E-state index contributed by atoms with van der Waals surface area (Å²) in [6, 6.07) is 1.89. The van der Waals surface area contributed by atoms with Crippen molar-refractivity contribution in [3.63, 3.8) is 0 Å². The molecule has 2 aromatic heterocycles. The standard InChI is InChI=1S/C10H10BrN3O2/c1-7(15)16-3-2-14-6-13-9-4-8(11)5-12-10(9)14/h4-6H,2-3H2,1H3. The molecule has 6 heteroatoms. The molecule has 0 aromatic carbocycles. The highest BCUT2D eigenvalue weighted by Crippen LogP contribution is 2.15. The number of carbonyl (C=O) groups is 1. The first-order valence-electron chi connectivity index (χ1n) is 4.76. The Morgan fingerprint density at radius 2 is 2.38 bits per heavy atom. The molecule has 0 aliphatic carbocycles. The molecule has 0 atom stereocenters. The van der Waals surface area contributed by atoms with Gasteiger partial charge in [0.25, 0.3) is 0 Å². The number of carbonyl (C=O) groups excluding carboxylic acids is 1. The summed E-state index contributed by atoms with van der Waals surface area (Å²) in [7, 11) is 0. The molecule has 0 fully saturated rings. The third-order valence-electron chi connectivity index (χ3n) is 2.06. The maximum absolute atomic E-state index is 10.6. The Labute approximate surface area is 101 Å². The molecule has 16 heavy (non-hydrogen) atoms. The normalized spacial score (nSPS) is 10.6. The zero-order valence-corrected chi connectivity index (χ0v) is 10.3. The van der Waals surface area contributed by atoms with Gasteiger partial charge in [0.1, 0.15) is 12.1 Å². The topological polar surface area (TPSA) is 57.0 Å². The summed E-state index contributed by atoms with van der Waals surface area (Å²) in [5, 5.41) is 0. The van der Waals surface area contributed by atoms with E-state index < -0.39 is 0 Å². The molecule has 84 valence electrons. The van der Waals surface area contributed by atoms with E-state index in [0.717, 1.165) is 15.6 Å². The van der Waals surface area contributed by atoms with Gasteiger partial charge >= 0.3 is 5.97 Å². The Morgan fingerprint density at radius 1 is 1.56 bits per heavy atom. The average Bonchev–Trinajstić information content (AvgIpc) is 2.60. The summed E-state index contributed by atoms with van der Waals surface area (Å²) in [6.07, 6.45) is 3.40. The Kier molecular flexibility index (Phi) is 3.19. The van der Waals surface area contributed by atoms with Gasteiger partial charge in [-0.1, -0.05) is 0 Å². The molecule has 0 N–H and O–H groups in total. The number of nitrogens with zero attached hydrogens (tertiary/aromatic N) is 3. The number of ether oxygens (including phenoxy) is 1. The number of imidazole rings is 1. The van der Waals surface area contributed by atoms with Crippen molar-refractivity contribution in [2.24, 2.45) is 0 Å². The predicted octanol–water partition coefficient (Wildman–Crippen LogP) is 1.76. The number of hydrogen-bond acceptors (Lipinski definition) is 4. The Bertz CT molecular complexity index is 524. The van der Waals surface area contributed by atoms with Crippen LogP contribution in [0.3, 0.4) is 0 Å². The fourth-order valence-corrected chi connectivity index (χ4v) is 1.69. The lowest BCUT2D eigenvalue weighted by atomic mass is 10.4. The van der Waals surface area contributed by atoms with Crippen LogP contribution in [0, 0.1) is 0 Å². The van der Waals surface area contributed by atoms with Crippen LogP contribution in [-0.4, -0.2) is 27.1 Å². The third kappa shape index (κ3) is 2.38. The molecule has 0 amide bonds. The fourth-order valence-electron chi connectivity index (χ4n) is 1.38. The van der Waals surface area contributed by atoms with Crippen LogP contribution in [0.1, 0.15) is 6.92 Å². The second-order valence-electron chi connectivity index (χ2n) is 3.27. The van der Waals surface area contributed by atoms with Gasteiger partial charge in [-0.15, -0.1) is 0 Å². The van der Waals surface area contributed by atoms with Gasteiger partial charge in [-0.3, -0.25) is 4.79 Å². The highest BCUT2D eigenvalue weighted by atomic mass is 79.9. The number of fused-ring (bicyclic) bond motifs is 1. The van der Waals surface area contributed by atoms with Crippen molar-refractivity contribution in [2.45, 2.75) is 13.5 Å². The summed E-state index contributed by atoms with van der Waals surface area (Å²) in [4.78, 5) is 19.1. The zero-order chi connectivity index (χ0) is 11.5. The number of halogens is 1. The largest absolute Gasteiger partial charge is 0.464 e. The van der Waals surface area contributed by atoms with Crippen LogP contribution in [0.5, 0.6) is 0 Å². The molecule has 0 radical (unpaired) electrons. The number of rotatable bonds is 3. The summed E-state index contributed by atoms with van der Waals surface area (Å²) in [5.41, 5.74) is 1.60. The molecular weight excluding hydrogens is 274 g/mol. The lowest BCUT2D eigenvalue weighted by Crippen LogP contribution is -2.08. The van der Waals surface area contributed by atoms with E-state index >= 15 is 0 Å². The highest BCUT2D eigenvalue weighted by Gasteiger charge is 2.04. The van der Waals surface area contributed by atoms with Crippen molar-refractivity contribution in [1.82, 2.24) is 14.5 Å². The van der Waals surface area contributed by atoms with Crippen molar-refractivity contribution in [2.75, 3.05) is 6.61 Å². The second kappa shape index (κ2) is 4.61. The van der Waals surface area contributed by atoms with Crippen LogP contribution < -0.4 is 0 Å². The SMILES string of the molecule is CC(=O)OCCn1cnc2cc(Br)cnc21. The van der Waals surface area contributed by atoms with E-state index in [1.807, 2.05) is 10.6 Å². The van der Waals surface area contributed by atoms with Crippen LogP contribution >= 0.6 is 15.9 Å². The second-order valence-corrected chi connectivity index (χ2v) is 4.19. The molecule has 2 heterocycles. The van der Waals surface area contributed by atoms with E-state index in [9.17, 15) is 4.79 Å². The first-order chi connectivity index (χ1) is 7.66. The van der Waals surface area contributed by atoms with Gasteiger partial charge in [-0.25, -0.2) is 9.97 Å². The third-order valence-corrected chi connectivity index (χ3v) is 2.49. The van der Waals surface area contributed by atoms with Crippen molar-refractivity contribution in [1.29, 1.82) is 0 Å². The van der Waals surface area contributed by atoms with Gasteiger partial charge in [0, 0.05) is 17.6 Å². The summed E-state index contributed by atoms with van der Waals surface area (Å²) in [5.74, 6) is -0.278. The van der Waals surface area contributed by atoms with Crippen molar-refractivity contribution >= 4 is 33.1 Å². The highest BCUT2D eigenvalue weighted by molar-refractivity contribution is 9.10. The minimum Gasteiger partial charge on any atom is -0.464 e. The number of aromatic nitrogens is 3. The Morgan fingerprint density at radius 3 is 3.12 bits per heavy atom. The molecule has 0 saturated heterocycles. The van der Waals surface area contributed by atoms with Crippen LogP contribution in [0.2, 0.25) is 0 Å². The summed E-state index contributed by atoms with van der Waals surface area (Å²) >= 11 is 3.33. The monoisotopic (exact) mass is 283 g/mol. The summed E-state index contributed by atoms with van der Waals surface area (Å²) < 4.78 is 7.61.